The summed E-state index contributed by atoms with van der Waals surface area (Å²) in [6.45, 7) is 11.8. The summed E-state index contributed by atoms with van der Waals surface area (Å²) in [5, 5.41) is 3.15. The first-order chi connectivity index (χ1) is 9.21. The van der Waals surface area contributed by atoms with Gasteiger partial charge in [0.1, 0.15) is 8.07 Å². The number of benzene rings is 2. The molecule has 0 N–H and O–H groups in total. The standard InChI is InChI=1S/C18H21BrSi/c1-18(2,3)12-6-8-16-14(10-12)15-11-13(19)7-9-17(15)20(16,4)5/h6-11H,1-5H3. The smallest absolute Gasteiger partial charge is 0.0617 e. The second-order valence-electron chi connectivity index (χ2n) is 7.33. The van der Waals surface area contributed by atoms with Crippen molar-refractivity contribution >= 4 is 34.4 Å². The maximum absolute atomic E-state index is 3.63. The Morgan fingerprint density at radius 2 is 1.40 bits per heavy atom. The van der Waals surface area contributed by atoms with E-state index in [0.29, 0.717) is 0 Å². The molecule has 0 nitrogen and oxygen atoms in total. The highest BCUT2D eigenvalue weighted by Gasteiger charge is 2.37. The molecular formula is C18H21BrSi. The maximum atomic E-state index is 3.63. The van der Waals surface area contributed by atoms with Gasteiger partial charge in [-0.2, -0.15) is 0 Å². The molecule has 0 saturated carbocycles. The maximum Gasteiger partial charge on any atom is 0.113 e. The minimum Gasteiger partial charge on any atom is -0.0617 e. The molecule has 3 rings (SSSR count). The SMILES string of the molecule is CC(C)(C)c1ccc2c(c1)-c1cc(Br)ccc1[Si]2(C)C. The summed E-state index contributed by atoms with van der Waals surface area (Å²) >= 11 is 3.63. The molecule has 1 aliphatic rings. The largest absolute Gasteiger partial charge is 0.113 e. The Morgan fingerprint density at radius 3 is 2.00 bits per heavy atom. The molecule has 2 heteroatoms. The fourth-order valence-electron chi connectivity index (χ4n) is 3.21. The van der Waals surface area contributed by atoms with Crippen LogP contribution >= 0.6 is 15.9 Å². The van der Waals surface area contributed by atoms with Gasteiger partial charge in [0, 0.05) is 4.47 Å². The van der Waals surface area contributed by atoms with Crippen LogP contribution in [-0.4, -0.2) is 8.07 Å². The summed E-state index contributed by atoms with van der Waals surface area (Å²) in [5.74, 6) is 0. The van der Waals surface area contributed by atoms with E-state index in [0.717, 1.165) is 0 Å². The monoisotopic (exact) mass is 344 g/mol. The number of rotatable bonds is 0. The van der Waals surface area contributed by atoms with Crippen molar-refractivity contribution in [3.63, 3.8) is 0 Å². The summed E-state index contributed by atoms with van der Waals surface area (Å²) in [4.78, 5) is 0. The van der Waals surface area contributed by atoms with E-state index in [4.69, 9.17) is 0 Å². The molecule has 0 aliphatic carbocycles. The fourth-order valence-corrected chi connectivity index (χ4v) is 6.62. The zero-order valence-electron chi connectivity index (χ0n) is 12.8. The first kappa shape index (κ1) is 14.1. The van der Waals surface area contributed by atoms with Gasteiger partial charge in [-0.3, -0.25) is 0 Å². The van der Waals surface area contributed by atoms with E-state index in [9.17, 15) is 0 Å². The van der Waals surface area contributed by atoms with Crippen molar-refractivity contribution in [2.45, 2.75) is 39.3 Å². The topological polar surface area (TPSA) is 0 Å². The number of hydrogen-bond donors (Lipinski definition) is 0. The van der Waals surface area contributed by atoms with E-state index in [1.165, 1.54) is 21.2 Å². The van der Waals surface area contributed by atoms with Crippen molar-refractivity contribution in [2.75, 3.05) is 0 Å². The fraction of sp³-hybridized carbons (Fsp3) is 0.333. The molecule has 0 spiro atoms. The molecule has 0 saturated heterocycles. The van der Waals surface area contributed by atoms with E-state index in [1.54, 1.807) is 10.4 Å². The van der Waals surface area contributed by atoms with E-state index < -0.39 is 8.07 Å². The molecule has 2 aromatic rings. The third-order valence-electron chi connectivity index (χ3n) is 4.50. The van der Waals surface area contributed by atoms with Crippen molar-refractivity contribution < 1.29 is 0 Å². The molecule has 0 radical (unpaired) electrons. The van der Waals surface area contributed by atoms with Gasteiger partial charge in [-0.15, -0.1) is 0 Å². The highest BCUT2D eigenvalue weighted by atomic mass is 79.9. The highest BCUT2D eigenvalue weighted by Crippen LogP contribution is 2.33. The molecule has 0 unspecified atom stereocenters. The first-order valence-corrected chi connectivity index (χ1v) is 11.0. The van der Waals surface area contributed by atoms with Crippen LogP contribution in [0.2, 0.25) is 13.1 Å². The molecule has 0 atom stereocenters. The Morgan fingerprint density at radius 1 is 0.850 bits per heavy atom. The molecule has 0 amide bonds. The number of halogens is 1. The molecule has 2 aromatic carbocycles. The summed E-state index contributed by atoms with van der Waals surface area (Å²) in [6, 6.07) is 13.9. The Labute approximate surface area is 131 Å². The number of hydrogen-bond acceptors (Lipinski definition) is 0. The molecule has 1 heterocycles. The lowest BCUT2D eigenvalue weighted by Crippen LogP contribution is -2.49. The van der Waals surface area contributed by atoms with Gasteiger partial charge in [0.2, 0.25) is 0 Å². The van der Waals surface area contributed by atoms with Gasteiger partial charge in [-0.25, -0.2) is 0 Å². The summed E-state index contributed by atoms with van der Waals surface area (Å²) in [7, 11) is -1.51. The lowest BCUT2D eigenvalue weighted by molar-refractivity contribution is 0.590. The van der Waals surface area contributed by atoms with Crippen molar-refractivity contribution in [3.05, 3.63) is 46.4 Å². The molecule has 0 aromatic heterocycles. The minimum absolute atomic E-state index is 0.204. The van der Waals surface area contributed by atoms with Crippen molar-refractivity contribution in [3.8, 4) is 11.1 Å². The van der Waals surface area contributed by atoms with Gasteiger partial charge in [-0.05, 0) is 44.6 Å². The lowest BCUT2D eigenvalue weighted by atomic mass is 9.85. The molecule has 20 heavy (non-hydrogen) atoms. The molecular weight excluding hydrogens is 324 g/mol. The average Bonchev–Trinajstić information content (AvgIpc) is 2.57. The van der Waals surface area contributed by atoms with Crippen molar-refractivity contribution in [2.24, 2.45) is 0 Å². The number of fused-ring (bicyclic) bond motifs is 3. The Kier molecular flexibility index (Phi) is 3.04. The van der Waals surface area contributed by atoms with E-state index in [-0.39, 0.29) is 5.41 Å². The molecule has 1 aliphatic heterocycles. The van der Waals surface area contributed by atoms with Gasteiger partial charge in [0.05, 0.1) is 0 Å². The Hall–Kier alpha value is -0.863. The third kappa shape index (κ3) is 2.01. The van der Waals surface area contributed by atoms with E-state index in [1.807, 2.05) is 0 Å². The second-order valence-corrected chi connectivity index (χ2v) is 12.6. The van der Waals surface area contributed by atoms with E-state index >= 15 is 0 Å². The van der Waals surface area contributed by atoms with Crippen LogP contribution in [0.4, 0.5) is 0 Å². The van der Waals surface area contributed by atoms with Crippen LogP contribution in [0.3, 0.4) is 0 Å². The second kappa shape index (κ2) is 4.31. The van der Waals surface area contributed by atoms with Crippen molar-refractivity contribution in [1.82, 2.24) is 0 Å². The van der Waals surface area contributed by atoms with E-state index in [2.05, 4.69) is 86.2 Å². The van der Waals surface area contributed by atoms with Gasteiger partial charge < -0.3 is 0 Å². The Bertz CT molecular complexity index is 693. The van der Waals surface area contributed by atoms with Crippen LogP contribution in [-0.2, 0) is 5.41 Å². The minimum atomic E-state index is -1.51. The van der Waals surface area contributed by atoms with Crippen LogP contribution in [0.5, 0.6) is 0 Å². The normalized spacial score (nSPS) is 15.9. The predicted octanol–water partition coefficient (Wildman–Crippen LogP) is 4.55. The van der Waals surface area contributed by atoms with Crippen LogP contribution in [0.25, 0.3) is 11.1 Å². The zero-order valence-corrected chi connectivity index (χ0v) is 15.4. The molecule has 0 bridgehead atoms. The predicted molar refractivity (Wildman–Crippen MR) is 95.0 cm³/mol. The lowest BCUT2D eigenvalue weighted by Gasteiger charge is -2.22. The summed E-state index contributed by atoms with van der Waals surface area (Å²) in [5.41, 5.74) is 4.53. The quantitative estimate of drug-likeness (QED) is 0.615. The van der Waals surface area contributed by atoms with Gasteiger partial charge in [-0.1, -0.05) is 74.1 Å². The molecule has 104 valence electrons. The summed E-state index contributed by atoms with van der Waals surface area (Å²) in [6.07, 6.45) is 0. The highest BCUT2D eigenvalue weighted by molar-refractivity contribution is 9.10. The van der Waals surface area contributed by atoms with Gasteiger partial charge in [0.15, 0.2) is 0 Å². The van der Waals surface area contributed by atoms with Gasteiger partial charge in [0.25, 0.3) is 0 Å². The van der Waals surface area contributed by atoms with Crippen LogP contribution < -0.4 is 10.4 Å². The van der Waals surface area contributed by atoms with Crippen LogP contribution in [0.15, 0.2) is 40.9 Å². The third-order valence-corrected chi connectivity index (χ3v) is 8.56. The Balaban J connectivity index is 2.30. The zero-order chi connectivity index (χ0) is 14.7. The summed E-state index contributed by atoms with van der Waals surface area (Å²) < 4.78 is 1.18. The van der Waals surface area contributed by atoms with Gasteiger partial charge >= 0.3 is 0 Å². The van der Waals surface area contributed by atoms with Crippen LogP contribution in [0.1, 0.15) is 26.3 Å². The van der Waals surface area contributed by atoms with Crippen LogP contribution in [0, 0.1) is 0 Å². The van der Waals surface area contributed by atoms with Crippen molar-refractivity contribution in [1.29, 1.82) is 0 Å². The average molecular weight is 345 g/mol. The first-order valence-electron chi connectivity index (χ1n) is 7.17. The molecule has 0 fully saturated rings.